The van der Waals surface area contributed by atoms with E-state index in [1.807, 2.05) is 11.8 Å². The molecule has 112 valence electrons. The van der Waals surface area contributed by atoms with Gasteiger partial charge in [0.1, 0.15) is 0 Å². The van der Waals surface area contributed by atoms with Gasteiger partial charge in [0, 0.05) is 19.6 Å². The van der Waals surface area contributed by atoms with Crippen LogP contribution in [0.3, 0.4) is 0 Å². The van der Waals surface area contributed by atoms with Gasteiger partial charge in [0.15, 0.2) is 0 Å². The Balaban J connectivity index is 2.61. The van der Waals surface area contributed by atoms with E-state index in [0.29, 0.717) is 39.0 Å². The molecule has 0 aromatic rings. The fourth-order valence-corrected chi connectivity index (χ4v) is 2.59. The van der Waals surface area contributed by atoms with Crippen molar-refractivity contribution in [2.45, 2.75) is 19.8 Å². The molecule has 1 N–H and O–H groups in total. The minimum atomic E-state index is -0.760. The molecule has 1 saturated heterocycles. The van der Waals surface area contributed by atoms with Crippen LogP contribution < -0.4 is 0 Å². The van der Waals surface area contributed by atoms with E-state index in [1.165, 1.54) is 0 Å². The zero-order valence-electron chi connectivity index (χ0n) is 12.2. The van der Waals surface area contributed by atoms with Crippen molar-refractivity contribution in [3.05, 3.63) is 25.3 Å². The van der Waals surface area contributed by atoms with Crippen molar-refractivity contribution in [1.82, 2.24) is 9.80 Å². The maximum atomic E-state index is 12.2. The number of hydrogen-bond donors (Lipinski definition) is 1. The van der Waals surface area contributed by atoms with Crippen LogP contribution in [0.15, 0.2) is 25.3 Å². The molecule has 1 amide bonds. The van der Waals surface area contributed by atoms with Gasteiger partial charge in [-0.3, -0.25) is 14.5 Å². The van der Waals surface area contributed by atoms with Crippen LogP contribution in [0.2, 0.25) is 0 Å². The molecule has 5 nitrogen and oxygen atoms in total. The summed E-state index contributed by atoms with van der Waals surface area (Å²) >= 11 is 0. The van der Waals surface area contributed by atoms with E-state index in [4.69, 9.17) is 0 Å². The standard InChI is InChI=1S/C15H24N2O3/c1-4-8-17(9-5-2)13(18)11-16-10-7-15(6-3,12-16)14(19)20/h4-5H,1-2,6-12H2,3H3,(H,19,20). The summed E-state index contributed by atoms with van der Waals surface area (Å²) in [4.78, 5) is 27.2. The number of nitrogens with zero attached hydrogens (tertiary/aromatic N) is 2. The average molecular weight is 280 g/mol. The number of aliphatic carboxylic acids is 1. The van der Waals surface area contributed by atoms with Crippen LogP contribution in [0.5, 0.6) is 0 Å². The Bertz CT molecular complexity index is 385. The lowest BCUT2D eigenvalue weighted by molar-refractivity contribution is -0.148. The molecule has 1 aliphatic heterocycles. The predicted octanol–water partition coefficient (Wildman–Crippen LogP) is 1.37. The highest BCUT2D eigenvalue weighted by Gasteiger charge is 2.43. The summed E-state index contributed by atoms with van der Waals surface area (Å²) < 4.78 is 0. The predicted molar refractivity (Wildman–Crippen MR) is 78.4 cm³/mol. The number of carbonyl (C=O) groups is 2. The van der Waals surface area contributed by atoms with Crippen molar-refractivity contribution in [3.63, 3.8) is 0 Å². The Kier molecular flexibility index (Phi) is 5.95. The third-order valence-electron chi connectivity index (χ3n) is 3.97. The van der Waals surface area contributed by atoms with Crippen molar-refractivity contribution < 1.29 is 14.7 Å². The zero-order chi connectivity index (χ0) is 15.2. The molecule has 1 fully saturated rings. The molecule has 20 heavy (non-hydrogen) atoms. The van der Waals surface area contributed by atoms with Crippen LogP contribution in [0.1, 0.15) is 19.8 Å². The minimum Gasteiger partial charge on any atom is -0.481 e. The first-order valence-corrected chi connectivity index (χ1v) is 6.94. The third kappa shape index (κ3) is 3.70. The van der Waals surface area contributed by atoms with E-state index in [9.17, 15) is 14.7 Å². The normalized spacial score (nSPS) is 22.4. The van der Waals surface area contributed by atoms with Crippen LogP contribution in [0.25, 0.3) is 0 Å². The highest BCUT2D eigenvalue weighted by atomic mass is 16.4. The summed E-state index contributed by atoms with van der Waals surface area (Å²) in [5, 5.41) is 9.34. The van der Waals surface area contributed by atoms with Crippen molar-refractivity contribution in [3.8, 4) is 0 Å². The van der Waals surface area contributed by atoms with Crippen molar-refractivity contribution in [2.24, 2.45) is 5.41 Å². The Morgan fingerprint density at radius 1 is 1.35 bits per heavy atom. The van der Waals surface area contributed by atoms with Crippen molar-refractivity contribution >= 4 is 11.9 Å². The fraction of sp³-hybridized carbons (Fsp3) is 0.600. The lowest BCUT2D eigenvalue weighted by Gasteiger charge is -2.25. The van der Waals surface area contributed by atoms with Gasteiger partial charge in [0.05, 0.1) is 12.0 Å². The number of carboxylic acid groups (broad SMARTS) is 1. The highest BCUT2D eigenvalue weighted by molar-refractivity contribution is 5.79. The van der Waals surface area contributed by atoms with E-state index < -0.39 is 11.4 Å². The number of rotatable bonds is 8. The van der Waals surface area contributed by atoms with Gasteiger partial charge in [-0.25, -0.2) is 0 Å². The highest BCUT2D eigenvalue weighted by Crippen LogP contribution is 2.33. The number of amides is 1. The maximum absolute atomic E-state index is 12.2. The summed E-state index contributed by atoms with van der Waals surface area (Å²) in [7, 11) is 0. The molecule has 1 heterocycles. The van der Waals surface area contributed by atoms with Gasteiger partial charge in [0.25, 0.3) is 0 Å². The number of carbonyl (C=O) groups excluding carboxylic acids is 1. The van der Waals surface area contributed by atoms with Crippen LogP contribution in [-0.2, 0) is 9.59 Å². The zero-order valence-corrected chi connectivity index (χ0v) is 12.2. The molecule has 1 atom stereocenters. The molecule has 0 aromatic carbocycles. The molecule has 1 rings (SSSR count). The van der Waals surface area contributed by atoms with Gasteiger partial charge < -0.3 is 10.0 Å². The van der Waals surface area contributed by atoms with Gasteiger partial charge in [-0.1, -0.05) is 19.1 Å². The fourth-order valence-electron chi connectivity index (χ4n) is 2.59. The van der Waals surface area contributed by atoms with Gasteiger partial charge in [-0.15, -0.1) is 13.2 Å². The topological polar surface area (TPSA) is 60.9 Å². The first-order valence-electron chi connectivity index (χ1n) is 6.94. The second kappa shape index (κ2) is 7.24. The first-order chi connectivity index (χ1) is 9.49. The number of carboxylic acids is 1. The van der Waals surface area contributed by atoms with E-state index >= 15 is 0 Å². The number of hydrogen-bond acceptors (Lipinski definition) is 3. The molecule has 0 spiro atoms. The van der Waals surface area contributed by atoms with Gasteiger partial charge in [-0.2, -0.15) is 0 Å². The smallest absolute Gasteiger partial charge is 0.310 e. The van der Waals surface area contributed by atoms with Crippen molar-refractivity contribution in [2.75, 3.05) is 32.7 Å². The summed E-state index contributed by atoms with van der Waals surface area (Å²) in [5.74, 6) is -0.772. The average Bonchev–Trinajstić information content (AvgIpc) is 2.83. The second-order valence-corrected chi connectivity index (χ2v) is 5.28. The Hall–Kier alpha value is -1.62. The van der Waals surface area contributed by atoms with Gasteiger partial charge in [0.2, 0.25) is 5.91 Å². The Labute approximate surface area is 120 Å². The molecule has 0 saturated carbocycles. The first kappa shape index (κ1) is 16.4. The summed E-state index contributed by atoms with van der Waals surface area (Å²) in [6.45, 7) is 11.5. The van der Waals surface area contributed by atoms with Crippen LogP contribution in [0.4, 0.5) is 0 Å². The Morgan fingerprint density at radius 3 is 2.35 bits per heavy atom. The summed E-state index contributed by atoms with van der Waals surface area (Å²) in [5.41, 5.74) is -0.692. The quantitative estimate of drug-likeness (QED) is 0.682. The molecule has 0 radical (unpaired) electrons. The van der Waals surface area contributed by atoms with E-state index in [1.54, 1.807) is 17.1 Å². The molecule has 0 aromatic heterocycles. The lowest BCUT2D eigenvalue weighted by Crippen LogP contribution is -2.41. The third-order valence-corrected chi connectivity index (χ3v) is 3.97. The monoisotopic (exact) mass is 280 g/mol. The minimum absolute atomic E-state index is 0.0120. The van der Waals surface area contributed by atoms with Gasteiger partial charge in [-0.05, 0) is 19.4 Å². The summed E-state index contributed by atoms with van der Waals surface area (Å²) in [6, 6.07) is 0. The van der Waals surface area contributed by atoms with Crippen LogP contribution in [0, 0.1) is 5.41 Å². The van der Waals surface area contributed by atoms with Crippen LogP contribution >= 0.6 is 0 Å². The molecule has 1 aliphatic rings. The molecular formula is C15H24N2O3. The van der Waals surface area contributed by atoms with Crippen LogP contribution in [-0.4, -0.2) is 59.5 Å². The lowest BCUT2D eigenvalue weighted by atomic mass is 9.84. The molecular weight excluding hydrogens is 256 g/mol. The molecule has 0 aliphatic carbocycles. The molecule has 1 unspecified atom stereocenters. The molecule has 5 heteroatoms. The van der Waals surface area contributed by atoms with Gasteiger partial charge >= 0.3 is 5.97 Å². The maximum Gasteiger partial charge on any atom is 0.310 e. The Morgan fingerprint density at radius 2 is 1.95 bits per heavy atom. The summed E-state index contributed by atoms with van der Waals surface area (Å²) in [6.07, 6.45) is 4.56. The van der Waals surface area contributed by atoms with E-state index in [-0.39, 0.29) is 12.5 Å². The molecule has 0 bridgehead atoms. The SMILES string of the molecule is C=CCN(CC=C)C(=O)CN1CCC(CC)(C(=O)O)C1. The second-order valence-electron chi connectivity index (χ2n) is 5.28. The van der Waals surface area contributed by atoms with E-state index in [0.717, 1.165) is 0 Å². The van der Waals surface area contributed by atoms with E-state index in [2.05, 4.69) is 13.2 Å². The van der Waals surface area contributed by atoms with Crippen molar-refractivity contribution in [1.29, 1.82) is 0 Å². The largest absolute Gasteiger partial charge is 0.481 e. The number of likely N-dealkylation sites (tertiary alicyclic amines) is 1.